The van der Waals surface area contributed by atoms with Crippen LogP contribution in [0.3, 0.4) is 0 Å². The Kier molecular flexibility index (Phi) is 8.72. The predicted molar refractivity (Wildman–Crippen MR) is 130 cm³/mol. The maximum absolute atomic E-state index is 15.8. The van der Waals surface area contributed by atoms with Crippen molar-refractivity contribution in [3.63, 3.8) is 0 Å². The second kappa shape index (κ2) is 11.1. The van der Waals surface area contributed by atoms with Gasteiger partial charge >= 0.3 is 13.7 Å². The average Bonchev–Trinajstić information content (AvgIpc) is 2.98. The smallest absolute Gasteiger partial charge is 0.459 e. The number of ether oxygens (including phenoxy) is 2. The molecule has 1 aromatic heterocycles. The molecule has 3 N–H and O–H groups in total. The molecule has 15 heteroatoms. The Hall–Kier alpha value is -2.48. The zero-order chi connectivity index (χ0) is 27.6. The normalized spacial score (nSPS) is 28.0. The number of alkyl halides is 2. The summed E-state index contributed by atoms with van der Waals surface area (Å²) < 4.78 is 66.5. The fraction of sp³-hybridized carbons (Fsp3) is 0.500. The number of benzene rings is 1. The molecule has 0 bridgehead atoms. The van der Waals surface area contributed by atoms with E-state index in [1.54, 1.807) is 32.0 Å². The van der Waals surface area contributed by atoms with Crippen LogP contribution >= 0.6 is 20.0 Å². The molecule has 11 nitrogen and oxygen atoms in total. The summed E-state index contributed by atoms with van der Waals surface area (Å²) in [6.07, 6.45) is -3.65. The van der Waals surface area contributed by atoms with Crippen LogP contribution in [0.4, 0.5) is 8.78 Å². The van der Waals surface area contributed by atoms with Crippen LogP contribution in [0.5, 0.6) is 5.75 Å². The molecule has 0 radical (unpaired) electrons. The quantitative estimate of drug-likeness (QED) is 0.224. The SMILES string of the molecule is CC(C)OC(=O)[C@H](C)NP(=O)(OC[C@@]1(F)O[C@@H](n2ccc(=O)[nH]c2=S)C(C)(F)C1O)Oc1ccccc1. The Morgan fingerprint density at radius 2 is 1.95 bits per heavy atom. The highest BCUT2D eigenvalue weighted by Crippen LogP contribution is 2.51. The highest BCUT2D eigenvalue weighted by atomic mass is 32.1. The lowest BCUT2D eigenvalue weighted by Gasteiger charge is -2.28. The number of carbonyl (C=O) groups excluding carboxylic acids is 1. The first-order valence-corrected chi connectivity index (χ1v) is 13.1. The van der Waals surface area contributed by atoms with E-state index in [4.69, 9.17) is 30.7 Å². The molecule has 0 spiro atoms. The third-order valence-corrected chi connectivity index (χ3v) is 7.23. The molecule has 37 heavy (non-hydrogen) atoms. The van der Waals surface area contributed by atoms with Crippen LogP contribution in [-0.4, -0.2) is 57.0 Å². The standard InChI is InChI=1S/C22H28F2N3O8PS/c1-13(2)33-17(29)14(3)26-36(31,35-15-8-6-5-7-9-15)32-12-22(24)18(30)21(4,23)19(34-22)27-11-10-16(28)25-20(27)37/h5-11,13-14,18-19,30H,12H2,1-4H3,(H,26,31)(H,25,28,37)/t14-,18?,19+,21?,22+,36?/m0/s1. The van der Waals surface area contributed by atoms with Crippen LogP contribution in [0, 0.1) is 4.77 Å². The Bertz CT molecular complexity index is 1270. The van der Waals surface area contributed by atoms with Crippen LogP contribution in [0.2, 0.25) is 0 Å². The van der Waals surface area contributed by atoms with Gasteiger partial charge in [-0.15, -0.1) is 0 Å². The minimum Gasteiger partial charge on any atom is -0.462 e. The molecule has 2 heterocycles. The van der Waals surface area contributed by atoms with E-state index in [1.807, 2.05) is 0 Å². The molecule has 1 aliphatic rings. The number of hydrogen-bond acceptors (Lipinski definition) is 9. The number of aromatic amines is 1. The van der Waals surface area contributed by atoms with Crippen molar-refractivity contribution in [1.29, 1.82) is 0 Å². The first kappa shape index (κ1) is 29.1. The van der Waals surface area contributed by atoms with Gasteiger partial charge in [-0.1, -0.05) is 18.2 Å². The van der Waals surface area contributed by atoms with Gasteiger partial charge in [0, 0.05) is 12.3 Å². The lowest BCUT2D eigenvalue weighted by atomic mass is 9.97. The molecule has 0 amide bonds. The van der Waals surface area contributed by atoms with Crippen molar-refractivity contribution in [2.75, 3.05) is 6.61 Å². The summed E-state index contributed by atoms with van der Waals surface area (Å²) in [6.45, 7) is 4.16. The number of aliphatic hydroxyl groups excluding tert-OH is 1. The summed E-state index contributed by atoms with van der Waals surface area (Å²) in [5.41, 5.74) is -3.34. The topological polar surface area (TPSA) is 141 Å². The van der Waals surface area contributed by atoms with Crippen LogP contribution < -0.4 is 15.2 Å². The fourth-order valence-electron chi connectivity index (χ4n) is 3.48. The molecular weight excluding hydrogens is 535 g/mol. The number of rotatable bonds is 10. The molecule has 204 valence electrons. The van der Waals surface area contributed by atoms with Crippen LogP contribution in [0.15, 0.2) is 47.4 Å². The third kappa shape index (κ3) is 6.70. The van der Waals surface area contributed by atoms with E-state index >= 15 is 8.78 Å². The monoisotopic (exact) mass is 563 g/mol. The van der Waals surface area contributed by atoms with Crippen molar-refractivity contribution in [2.24, 2.45) is 0 Å². The number of carbonyl (C=O) groups is 1. The molecule has 2 aromatic rings. The van der Waals surface area contributed by atoms with E-state index in [0.717, 1.165) is 23.8 Å². The van der Waals surface area contributed by atoms with Gasteiger partial charge in [-0.3, -0.25) is 23.7 Å². The Labute approximate surface area is 216 Å². The van der Waals surface area contributed by atoms with Crippen molar-refractivity contribution in [2.45, 2.75) is 63.7 Å². The predicted octanol–water partition coefficient (Wildman–Crippen LogP) is 3.32. The molecule has 3 rings (SSSR count). The summed E-state index contributed by atoms with van der Waals surface area (Å²) in [4.78, 5) is 26.0. The lowest BCUT2D eigenvalue weighted by Crippen LogP contribution is -2.47. The number of nitrogens with zero attached hydrogens (tertiary/aromatic N) is 1. The molecule has 1 aromatic carbocycles. The lowest BCUT2D eigenvalue weighted by molar-refractivity contribution is -0.203. The van der Waals surface area contributed by atoms with E-state index in [1.165, 1.54) is 19.1 Å². The largest absolute Gasteiger partial charge is 0.462 e. The van der Waals surface area contributed by atoms with Crippen molar-refractivity contribution < 1.29 is 41.8 Å². The highest BCUT2D eigenvalue weighted by molar-refractivity contribution is 7.71. The molecule has 3 unspecified atom stereocenters. The first-order chi connectivity index (χ1) is 17.2. The summed E-state index contributed by atoms with van der Waals surface area (Å²) in [5, 5.41) is 12.9. The number of aromatic nitrogens is 2. The zero-order valence-electron chi connectivity index (χ0n) is 20.4. The van der Waals surface area contributed by atoms with Gasteiger partial charge in [-0.05, 0) is 52.0 Å². The fourth-order valence-corrected chi connectivity index (χ4v) is 5.24. The number of para-hydroxylation sites is 1. The molecular formula is C22H28F2N3O8PS. The van der Waals surface area contributed by atoms with Gasteiger partial charge in [-0.25, -0.2) is 13.3 Å². The number of nitrogens with one attached hydrogen (secondary N) is 2. The van der Waals surface area contributed by atoms with Gasteiger partial charge in [0.15, 0.2) is 22.8 Å². The van der Waals surface area contributed by atoms with Crippen molar-refractivity contribution in [3.05, 3.63) is 57.7 Å². The van der Waals surface area contributed by atoms with Crippen molar-refractivity contribution in [1.82, 2.24) is 14.6 Å². The molecule has 6 atom stereocenters. The van der Waals surface area contributed by atoms with Crippen molar-refractivity contribution >= 4 is 25.9 Å². The highest BCUT2D eigenvalue weighted by Gasteiger charge is 2.65. The van der Waals surface area contributed by atoms with E-state index < -0.39 is 61.9 Å². The Morgan fingerprint density at radius 3 is 2.54 bits per heavy atom. The van der Waals surface area contributed by atoms with Crippen LogP contribution in [-0.2, 0) is 23.4 Å². The molecule has 1 fully saturated rings. The number of halogens is 2. The summed E-state index contributed by atoms with van der Waals surface area (Å²) in [5.74, 6) is -3.97. The van der Waals surface area contributed by atoms with Gasteiger partial charge in [0.1, 0.15) is 18.4 Å². The van der Waals surface area contributed by atoms with E-state index in [0.29, 0.717) is 0 Å². The van der Waals surface area contributed by atoms with Gasteiger partial charge in [-0.2, -0.15) is 5.09 Å². The summed E-state index contributed by atoms with van der Waals surface area (Å²) in [6, 6.07) is 7.48. The number of H-pyrrole nitrogens is 1. The van der Waals surface area contributed by atoms with E-state index in [-0.39, 0.29) is 10.5 Å². The zero-order valence-corrected chi connectivity index (χ0v) is 22.1. The second-order valence-electron chi connectivity index (χ2n) is 8.84. The molecule has 0 aliphatic carbocycles. The maximum Gasteiger partial charge on any atom is 0.459 e. The van der Waals surface area contributed by atoms with Gasteiger partial charge in [0.25, 0.3) is 11.4 Å². The summed E-state index contributed by atoms with van der Waals surface area (Å²) >= 11 is 5.00. The third-order valence-electron chi connectivity index (χ3n) is 5.29. The Balaban J connectivity index is 1.86. The van der Waals surface area contributed by atoms with Crippen LogP contribution in [0.25, 0.3) is 0 Å². The second-order valence-corrected chi connectivity index (χ2v) is 10.9. The number of hydrogen-bond donors (Lipinski definition) is 3. The minimum atomic E-state index is -4.55. The van der Waals surface area contributed by atoms with E-state index in [2.05, 4.69) is 10.1 Å². The maximum atomic E-state index is 15.8. The summed E-state index contributed by atoms with van der Waals surface area (Å²) in [7, 11) is -4.55. The molecule has 1 saturated heterocycles. The Morgan fingerprint density at radius 1 is 1.30 bits per heavy atom. The van der Waals surface area contributed by atoms with E-state index in [9.17, 15) is 19.3 Å². The average molecular weight is 564 g/mol. The first-order valence-electron chi connectivity index (χ1n) is 11.2. The van der Waals surface area contributed by atoms with Gasteiger partial charge in [0.05, 0.1) is 6.10 Å². The van der Waals surface area contributed by atoms with Gasteiger partial charge in [0.2, 0.25) is 0 Å². The van der Waals surface area contributed by atoms with Crippen molar-refractivity contribution in [3.8, 4) is 5.75 Å². The number of aliphatic hydroxyl groups is 1. The molecule has 0 saturated carbocycles. The van der Waals surface area contributed by atoms with Crippen LogP contribution in [0.1, 0.15) is 33.9 Å². The minimum absolute atomic E-state index is 0.0521. The molecule has 1 aliphatic heterocycles. The number of esters is 1. The van der Waals surface area contributed by atoms with Gasteiger partial charge < -0.3 is 19.1 Å².